The average Bonchev–Trinajstić information content (AvgIpc) is 3.01. The van der Waals surface area contributed by atoms with Crippen molar-refractivity contribution in [2.24, 2.45) is 10.9 Å². The number of aliphatic imine (C=N–C) groups is 1. The second-order valence-corrected chi connectivity index (χ2v) is 5.48. The fourth-order valence-electron chi connectivity index (χ4n) is 2.63. The van der Waals surface area contributed by atoms with Crippen LogP contribution in [0, 0.1) is 18.3 Å². The minimum absolute atomic E-state index is 0. The van der Waals surface area contributed by atoms with Crippen LogP contribution in [0.15, 0.2) is 35.3 Å². The second kappa shape index (κ2) is 11.3. The molecule has 1 aromatic carbocycles. The first-order valence-electron chi connectivity index (χ1n) is 7.92. The van der Waals surface area contributed by atoms with Gasteiger partial charge in [-0.25, -0.2) is 4.99 Å². The Hall–Kier alpha value is -1.26. The summed E-state index contributed by atoms with van der Waals surface area (Å²) in [5.74, 6) is 4.04. The Balaban J connectivity index is 0.00000264. The summed E-state index contributed by atoms with van der Waals surface area (Å²) < 4.78 is 5.85. The van der Waals surface area contributed by atoms with Gasteiger partial charge < -0.3 is 15.0 Å². The van der Waals surface area contributed by atoms with Crippen LogP contribution in [-0.4, -0.2) is 43.6 Å². The van der Waals surface area contributed by atoms with Crippen LogP contribution in [0.5, 0.6) is 0 Å². The molecule has 0 aliphatic carbocycles. The molecule has 1 atom stereocenters. The molecule has 0 spiro atoms. The summed E-state index contributed by atoms with van der Waals surface area (Å²) in [5, 5.41) is 3.30. The molecule has 0 aromatic heterocycles. The van der Waals surface area contributed by atoms with Gasteiger partial charge in [0.05, 0.1) is 13.2 Å². The minimum atomic E-state index is 0. The van der Waals surface area contributed by atoms with Gasteiger partial charge in [-0.05, 0) is 18.9 Å². The van der Waals surface area contributed by atoms with Crippen molar-refractivity contribution in [1.29, 1.82) is 0 Å². The predicted molar refractivity (Wildman–Crippen MR) is 106 cm³/mol. The summed E-state index contributed by atoms with van der Waals surface area (Å²) in [4.78, 5) is 6.71. The third kappa shape index (κ3) is 6.80. The van der Waals surface area contributed by atoms with Crippen molar-refractivity contribution >= 4 is 29.9 Å². The molecule has 1 unspecified atom stereocenters. The van der Waals surface area contributed by atoms with E-state index in [1.54, 1.807) is 0 Å². The lowest BCUT2D eigenvalue weighted by Crippen LogP contribution is -2.40. The van der Waals surface area contributed by atoms with Gasteiger partial charge in [0.2, 0.25) is 0 Å². The SMILES string of the molecule is C#CCN=C(NCC)N1CCC(COCc2ccccc2)C1.I. The number of terminal acetylenes is 1. The van der Waals surface area contributed by atoms with Crippen molar-refractivity contribution < 1.29 is 4.74 Å². The molecular weight excluding hydrogens is 401 g/mol. The van der Waals surface area contributed by atoms with Gasteiger partial charge in [0.1, 0.15) is 6.54 Å². The van der Waals surface area contributed by atoms with E-state index >= 15 is 0 Å². The molecule has 23 heavy (non-hydrogen) atoms. The maximum Gasteiger partial charge on any atom is 0.194 e. The minimum Gasteiger partial charge on any atom is -0.376 e. The summed E-state index contributed by atoms with van der Waals surface area (Å²) >= 11 is 0. The van der Waals surface area contributed by atoms with Crippen LogP contribution in [0.3, 0.4) is 0 Å². The number of ether oxygens (including phenoxy) is 1. The van der Waals surface area contributed by atoms with Gasteiger partial charge in [0, 0.05) is 25.6 Å². The summed E-state index contributed by atoms with van der Waals surface area (Å²) in [6, 6.07) is 10.3. The summed E-state index contributed by atoms with van der Waals surface area (Å²) in [6.07, 6.45) is 6.43. The Labute approximate surface area is 156 Å². The van der Waals surface area contributed by atoms with Crippen molar-refractivity contribution in [3.63, 3.8) is 0 Å². The molecular formula is C18H26IN3O. The number of likely N-dealkylation sites (tertiary alicyclic amines) is 1. The predicted octanol–water partition coefficient (Wildman–Crippen LogP) is 2.74. The lowest BCUT2D eigenvalue weighted by atomic mass is 10.1. The Morgan fingerprint density at radius 3 is 2.91 bits per heavy atom. The molecule has 1 heterocycles. The monoisotopic (exact) mass is 427 g/mol. The van der Waals surface area contributed by atoms with Crippen LogP contribution < -0.4 is 5.32 Å². The van der Waals surface area contributed by atoms with E-state index in [2.05, 4.69) is 40.2 Å². The number of hydrogen-bond acceptors (Lipinski definition) is 2. The highest BCUT2D eigenvalue weighted by Gasteiger charge is 2.24. The van der Waals surface area contributed by atoms with Gasteiger partial charge >= 0.3 is 0 Å². The zero-order valence-corrected chi connectivity index (χ0v) is 16.0. The highest BCUT2D eigenvalue weighted by Crippen LogP contribution is 2.17. The molecule has 4 nitrogen and oxygen atoms in total. The van der Waals surface area contributed by atoms with Crippen LogP contribution in [0.4, 0.5) is 0 Å². The van der Waals surface area contributed by atoms with Gasteiger partial charge in [-0.15, -0.1) is 30.4 Å². The van der Waals surface area contributed by atoms with Gasteiger partial charge in [0.15, 0.2) is 5.96 Å². The lowest BCUT2D eigenvalue weighted by Gasteiger charge is -2.21. The first-order valence-corrected chi connectivity index (χ1v) is 7.92. The van der Waals surface area contributed by atoms with E-state index in [9.17, 15) is 0 Å². The Morgan fingerprint density at radius 1 is 1.43 bits per heavy atom. The molecule has 5 heteroatoms. The van der Waals surface area contributed by atoms with Crippen molar-refractivity contribution in [3.8, 4) is 12.3 Å². The van der Waals surface area contributed by atoms with Crippen molar-refractivity contribution in [2.45, 2.75) is 20.0 Å². The van der Waals surface area contributed by atoms with E-state index in [0.717, 1.165) is 38.6 Å². The van der Waals surface area contributed by atoms with Crippen LogP contribution in [0.25, 0.3) is 0 Å². The van der Waals surface area contributed by atoms with E-state index in [4.69, 9.17) is 11.2 Å². The number of benzene rings is 1. The maximum atomic E-state index is 5.85. The quantitative estimate of drug-likeness (QED) is 0.328. The smallest absolute Gasteiger partial charge is 0.194 e. The highest BCUT2D eigenvalue weighted by molar-refractivity contribution is 14.0. The third-order valence-corrected chi connectivity index (χ3v) is 3.71. The van der Waals surface area contributed by atoms with Gasteiger partial charge in [0.25, 0.3) is 0 Å². The van der Waals surface area contributed by atoms with Crippen molar-refractivity contribution in [3.05, 3.63) is 35.9 Å². The molecule has 1 N–H and O–H groups in total. The normalized spacial score (nSPS) is 17.5. The van der Waals surface area contributed by atoms with Crippen LogP contribution in [-0.2, 0) is 11.3 Å². The number of halogens is 1. The van der Waals surface area contributed by atoms with Crippen LogP contribution in [0.1, 0.15) is 18.9 Å². The zero-order chi connectivity index (χ0) is 15.6. The molecule has 0 radical (unpaired) electrons. The summed E-state index contributed by atoms with van der Waals surface area (Å²) in [5.41, 5.74) is 1.22. The maximum absolute atomic E-state index is 5.85. The van der Waals surface area contributed by atoms with Crippen molar-refractivity contribution in [1.82, 2.24) is 10.2 Å². The Kier molecular flexibility index (Phi) is 9.72. The molecule has 0 bridgehead atoms. The number of nitrogens with one attached hydrogen (secondary N) is 1. The molecule has 1 fully saturated rings. The van der Waals surface area contributed by atoms with Gasteiger partial charge in [-0.1, -0.05) is 36.3 Å². The standard InChI is InChI=1S/C18H25N3O.HI/c1-3-11-20-18(19-4-2)21-12-10-17(13-21)15-22-14-16-8-6-5-7-9-16;/h1,5-9,17H,4,10-15H2,2H3,(H,19,20);1H. The topological polar surface area (TPSA) is 36.9 Å². The fraction of sp³-hybridized carbons (Fsp3) is 0.500. The highest BCUT2D eigenvalue weighted by atomic mass is 127. The van der Waals surface area contributed by atoms with E-state index in [0.29, 0.717) is 19.1 Å². The second-order valence-electron chi connectivity index (χ2n) is 5.48. The van der Waals surface area contributed by atoms with Crippen LogP contribution in [0.2, 0.25) is 0 Å². The summed E-state index contributed by atoms with van der Waals surface area (Å²) in [7, 11) is 0. The number of guanidine groups is 1. The largest absolute Gasteiger partial charge is 0.376 e. The number of hydrogen-bond donors (Lipinski definition) is 1. The molecule has 0 amide bonds. The van der Waals surface area contributed by atoms with E-state index in [1.165, 1.54) is 5.56 Å². The first-order chi connectivity index (χ1) is 10.8. The number of nitrogens with zero attached hydrogens (tertiary/aromatic N) is 2. The fourth-order valence-corrected chi connectivity index (χ4v) is 2.63. The zero-order valence-electron chi connectivity index (χ0n) is 13.7. The van der Waals surface area contributed by atoms with Crippen molar-refractivity contribution in [2.75, 3.05) is 32.8 Å². The van der Waals surface area contributed by atoms with Gasteiger partial charge in [-0.3, -0.25) is 0 Å². The Morgan fingerprint density at radius 2 is 2.22 bits per heavy atom. The van der Waals surface area contributed by atoms with E-state index < -0.39 is 0 Å². The number of rotatable bonds is 6. The average molecular weight is 427 g/mol. The molecule has 0 saturated carbocycles. The van der Waals surface area contributed by atoms with Crippen LogP contribution >= 0.6 is 24.0 Å². The molecule has 1 aliphatic heterocycles. The summed E-state index contributed by atoms with van der Waals surface area (Å²) in [6.45, 7) is 6.81. The first kappa shape index (κ1) is 19.8. The van der Waals surface area contributed by atoms with Gasteiger partial charge in [-0.2, -0.15) is 0 Å². The van der Waals surface area contributed by atoms with E-state index in [1.807, 2.05) is 18.2 Å². The Bertz CT molecular complexity index is 513. The molecule has 1 aliphatic rings. The molecule has 2 rings (SSSR count). The molecule has 1 saturated heterocycles. The lowest BCUT2D eigenvalue weighted by molar-refractivity contribution is 0.0907. The molecule has 1 aromatic rings. The van der Waals surface area contributed by atoms with E-state index in [-0.39, 0.29) is 24.0 Å². The molecule has 126 valence electrons. The third-order valence-electron chi connectivity index (χ3n) is 3.71.